The lowest BCUT2D eigenvalue weighted by Gasteiger charge is -2.29. The number of nitrogens with zero attached hydrogens (tertiary/aromatic N) is 1. The molecule has 0 radical (unpaired) electrons. The molecule has 1 unspecified atom stereocenters. The van der Waals surface area contributed by atoms with E-state index in [1.165, 1.54) is 12.8 Å². The molecule has 1 aliphatic rings. The molecule has 22 heavy (non-hydrogen) atoms. The molecule has 1 aliphatic heterocycles. The van der Waals surface area contributed by atoms with Crippen LogP contribution in [-0.4, -0.2) is 39.0 Å². The van der Waals surface area contributed by atoms with Gasteiger partial charge in [-0.1, -0.05) is 26.0 Å². The third-order valence-corrected chi connectivity index (χ3v) is 6.47. The Balaban J connectivity index is 2.06. The molecule has 4 nitrogen and oxygen atoms in total. The highest BCUT2D eigenvalue weighted by Gasteiger charge is 2.25. The van der Waals surface area contributed by atoms with E-state index in [2.05, 4.69) is 39.4 Å². The van der Waals surface area contributed by atoms with E-state index in [1.54, 1.807) is 18.2 Å². The molecule has 1 saturated heterocycles. The maximum atomic E-state index is 12.5. The molecule has 6 heteroatoms. The SMILES string of the molecule is CC(C)CC(CNS(=O)(=O)c1ccccc1Br)N1CCCC1. The van der Waals surface area contributed by atoms with Gasteiger partial charge in [0.05, 0.1) is 4.90 Å². The number of likely N-dealkylation sites (tertiary alicyclic amines) is 1. The highest BCUT2D eigenvalue weighted by molar-refractivity contribution is 9.10. The summed E-state index contributed by atoms with van der Waals surface area (Å²) in [4.78, 5) is 2.72. The van der Waals surface area contributed by atoms with Crippen molar-refractivity contribution in [3.8, 4) is 0 Å². The molecule has 124 valence electrons. The number of nitrogens with one attached hydrogen (secondary N) is 1. The summed E-state index contributed by atoms with van der Waals surface area (Å²) in [5.41, 5.74) is 0. The lowest BCUT2D eigenvalue weighted by Crippen LogP contribution is -2.43. The fourth-order valence-corrected chi connectivity index (χ4v) is 5.03. The van der Waals surface area contributed by atoms with Crippen molar-refractivity contribution in [3.63, 3.8) is 0 Å². The summed E-state index contributed by atoms with van der Waals surface area (Å²) in [5, 5.41) is 0. The van der Waals surface area contributed by atoms with Crippen molar-refractivity contribution in [3.05, 3.63) is 28.7 Å². The minimum absolute atomic E-state index is 0.278. The van der Waals surface area contributed by atoms with Crippen molar-refractivity contribution in [1.29, 1.82) is 0 Å². The zero-order chi connectivity index (χ0) is 16.2. The average molecular weight is 389 g/mol. The van der Waals surface area contributed by atoms with Crippen molar-refractivity contribution in [1.82, 2.24) is 9.62 Å². The second-order valence-corrected chi connectivity index (χ2v) is 8.90. The van der Waals surface area contributed by atoms with Gasteiger partial charge in [-0.05, 0) is 66.3 Å². The molecule has 2 rings (SSSR count). The summed E-state index contributed by atoms with van der Waals surface area (Å²) in [6, 6.07) is 7.21. The normalized spacial score (nSPS) is 18.0. The van der Waals surface area contributed by atoms with Gasteiger partial charge < -0.3 is 0 Å². The Bertz CT molecular complexity index is 584. The van der Waals surface area contributed by atoms with E-state index >= 15 is 0 Å². The van der Waals surface area contributed by atoms with Gasteiger partial charge in [-0.3, -0.25) is 4.90 Å². The second kappa shape index (κ2) is 7.90. The summed E-state index contributed by atoms with van der Waals surface area (Å²) in [5.74, 6) is 0.554. The number of hydrogen-bond donors (Lipinski definition) is 1. The first-order valence-electron chi connectivity index (χ1n) is 7.88. The van der Waals surface area contributed by atoms with Crippen LogP contribution >= 0.6 is 15.9 Å². The molecule has 0 aliphatic carbocycles. The summed E-state index contributed by atoms with van der Waals surface area (Å²) < 4.78 is 28.4. The number of halogens is 1. The maximum absolute atomic E-state index is 12.5. The largest absolute Gasteiger partial charge is 0.299 e. The summed E-state index contributed by atoms with van der Waals surface area (Å²) >= 11 is 3.32. The van der Waals surface area contributed by atoms with Gasteiger partial charge in [0.15, 0.2) is 0 Å². The summed E-state index contributed by atoms with van der Waals surface area (Å²) in [6.07, 6.45) is 3.44. The predicted molar refractivity (Wildman–Crippen MR) is 93.4 cm³/mol. The molecule has 1 aromatic rings. The highest BCUT2D eigenvalue weighted by Crippen LogP contribution is 2.22. The van der Waals surface area contributed by atoms with Gasteiger partial charge in [0.1, 0.15) is 0 Å². The molecule has 0 spiro atoms. The lowest BCUT2D eigenvalue weighted by molar-refractivity contribution is 0.214. The van der Waals surface area contributed by atoms with Gasteiger partial charge in [-0.25, -0.2) is 13.1 Å². The summed E-state index contributed by atoms with van der Waals surface area (Å²) in [7, 11) is -3.47. The molecule has 0 bridgehead atoms. The summed E-state index contributed by atoms with van der Waals surface area (Å²) in [6.45, 7) is 7.00. The standard InChI is InChI=1S/C16H25BrN2O2S/c1-13(2)11-14(19-9-5-6-10-19)12-18-22(20,21)16-8-4-3-7-15(16)17/h3-4,7-8,13-14,18H,5-6,9-12H2,1-2H3. The third kappa shape index (κ3) is 4.78. The highest BCUT2D eigenvalue weighted by atomic mass is 79.9. The van der Waals surface area contributed by atoms with Crippen LogP contribution in [0.1, 0.15) is 33.1 Å². The van der Waals surface area contributed by atoms with E-state index in [0.29, 0.717) is 21.8 Å². The van der Waals surface area contributed by atoms with Crippen LogP contribution in [0, 0.1) is 5.92 Å². The molecule has 0 saturated carbocycles. The van der Waals surface area contributed by atoms with Crippen LogP contribution in [0.3, 0.4) is 0 Å². The monoisotopic (exact) mass is 388 g/mol. The first kappa shape index (κ1) is 17.9. The first-order valence-corrected chi connectivity index (χ1v) is 10.2. The van der Waals surface area contributed by atoms with E-state index in [4.69, 9.17) is 0 Å². The number of sulfonamides is 1. The minimum atomic E-state index is -3.47. The maximum Gasteiger partial charge on any atom is 0.241 e. The lowest BCUT2D eigenvalue weighted by atomic mass is 10.0. The van der Waals surface area contributed by atoms with Gasteiger partial charge in [0, 0.05) is 17.1 Å². The fourth-order valence-electron chi connectivity index (χ4n) is 2.96. The zero-order valence-corrected chi connectivity index (χ0v) is 15.7. The van der Waals surface area contributed by atoms with E-state index in [-0.39, 0.29) is 6.04 Å². The number of rotatable bonds is 7. The van der Waals surface area contributed by atoms with Crippen LogP contribution in [0.5, 0.6) is 0 Å². The molecule has 1 N–H and O–H groups in total. The smallest absolute Gasteiger partial charge is 0.241 e. The van der Waals surface area contributed by atoms with Crippen molar-refractivity contribution in [2.75, 3.05) is 19.6 Å². The van der Waals surface area contributed by atoms with Crippen LogP contribution in [0.25, 0.3) is 0 Å². The Hall–Kier alpha value is -0.430. The molecule has 1 atom stereocenters. The minimum Gasteiger partial charge on any atom is -0.299 e. The molecule has 0 amide bonds. The van der Waals surface area contributed by atoms with Crippen LogP contribution in [0.15, 0.2) is 33.6 Å². The van der Waals surface area contributed by atoms with E-state index in [9.17, 15) is 8.42 Å². The van der Waals surface area contributed by atoms with Gasteiger partial charge in [0.2, 0.25) is 10.0 Å². The molecular weight excluding hydrogens is 364 g/mol. The zero-order valence-electron chi connectivity index (χ0n) is 13.3. The van der Waals surface area contributed by atoms with Gasteiger partial charge in [0.25, 0.3) is 0 Å². The predicted octanol–water partition coefficient (Wildman–Crippen LogP) is 3.24. The van der Waals surface area contributed by atoms with Gasteiger partial charge in [-0.2, -0.15) is 0 Å². The topological polar surface area (TPSA) is 49.4 Å². The van der Waals surface area contributed by atoms with Crippen molar-refractivity contribution < 1.29 is 8.42 Å². The van der Waals surface area contributed by atoms with Crippen LogP contribution in [0.4, 0.5) is 0 Å². The first-order chi connectivity index (χ1) is 10.4. The van der Waals surface area contributed by atoms with Crippen LogP contribution in [-0.2, 0) is 10.0 Å². The Morgan fingerprint density at radius 3 is 2.45 bits per heavy atom. The van der Waals surface area contributed by atoms with E-state index in [1.807, 2.05) is 6.07 Å². The van der Waals surface area contributed by atoms with Crippen molar-refractivity contribution in [2.45, 2.75) is 44.0 Å². The quantitative estimate of drug-likeness (QED) is 0.779. The fraction of sp³-hybridized carbons (Fsp3) is 0.625. The Morgan fingerprint density at radius 1 is 1.23 bits per heavy atom. The van der Waals surface area contributed by atoms with Crippen molar-refractivity contribution in [2.24, 2.45) is 5.92 Å². The number of hydrogen-bond acceptors (Lipinski definition) is 3. The number of benzene rings is 1. The Kier molecular flexibility index (Phi) is 6.44. The Labute approximate surface area is 142 Å². The molecular formula is C16H25BrN2O2S. The third-order valence-electron chi connectivity index (χ3n) is 4.04. The van der Waals surface area contributed by atoms with Crippen LogP contribution < -0.4 is 4.72 Å². The molecule has 0 aromatic heterocycles. The van der Waals surface area contributed by atoms with E-state index < -0.39 is 10.0 Å². The van der Waals surface area contributed by atoms with E-state index in [0.717, 1.165) is 19.5 Å². The molecule has 1 aromatic carbocycles. The second-order valence-electron chi connectivity index (χ2n) is 6.31. The average Bonchev–Trinajstić information content (AvgIpc) is 2.97. The van der Waals surface area contributed by atoms with Crippen molar-refractivity contribution >= 4 is 26.0 Å². The van der Waals surface area contributed by atoms with Crippen LogP contribution in [0.2, 0.25) is 0 Å². The van der Waals surface area contributed by atoms with Gasteiger partial charge in [-0.15, -0.1) is 0 Å². The Morgan fingerprint density at radius 2 is 1.86 bits per heavy atom. The van der Waals surface area contributed by atoms with Gasteiger partial charge >= 0.3 is 0 Å². The molecule has 1 heterocycles. The molecule has 1 fully saturated rings.